The number of carbonyl (C=O) groups excluding carboxylic acids is 1. The van der Waals surface area contributed by atoms with Gasteiger partial charge in [0, 0.05) is 51.2 Å². The Morgan fingerprint density at radius 3 is 2.52 bits per heavy atom. The number of rotatable bonds is 8. The molecule has 1 atom stereocenters. The van der Waals surface area contributed by atoms with Crippen LogP contribution in [0.15, 0.2) is 4.99 Å². The summed E-state index contributed by atoms with van der Waals surface area (Å²) in [5.41, 5.74) is 0. The monoisotopic (exact) mass is 351 g/mol. The fourth-order valence-electron chi connectivity index (χ4n) is 4.02. The fourth-order valence-corrected chi connectivity index (χ4v) is 4.02. The van der Waals surface area contributed by atoms with Crippen molar-refractivity contribution in [1.82, 2.24) is 20.4 Å². The first-order valence-corrected chi connectivity index (χ1v) is 10.2. The molecule has 0 radical (unpaired) electrons. The number of aliphatic imine (C=N–C) groups is 1. The summed E-state index contributed by atoms with van der Waals surface area (Å²) in [7, 11) is 0. The molecule has 1 saturated heterocycles. The minimum absolute atomic E-state index is 0.192. The van der Waals surface area contributed by atoms with Crippen molar-refractivity contribution in [2.45, 2.75) is 71.4 Å². The van der Waals surface area contributed by atoms with E-state index in [1.165, 1.54) is 38.6 Å². The van der Waals surface area contributed by atoms with Crippen molar-refractivity contribution >= 4 is 11.9 Å². The van der Waals surface area contributed by atoms with Gasteiger partial charge in [0.25, 0.3) is 0 Å². The molecule has 6 nitrogen and oxygen atoms in total. The first kappa shape index (κ1) is 20.0. The van der Waals surface area contributed by atoms with Crippen LogP contribution >= 0.6 is 0 Å². The number of likely N-dealkylation sites (tertiary alicyclic amines) is 1. The number of nitrogens with one attached hydrogen (secondary N) is 2. The summed E-state index contributed by atoms with van der Waals surface area (Å²) in [6, 6.07) is 1.27. The van der Waals surface area contributed by atoms with Crippen LogP contribution in [0.3, 0.4) is 0 Å². The summed E-state index contributed by atoms with van der Waals surface area (Å²) in [5.74, 6) is 1.05. The normalized spacial score (nSPS) is 22.4. The Morgan fingerprint density at radius 2 is 1.88 bits per heavy atom. The Kier molecular flexibility index (Phi) is 8.52. The number of hydrogen-bond acceptors (Lipinski definition) is 3. The lowest BCUT2D eigenvalue weighted by Gasteiger charge is -2.24. The van der Waals surface area contributed by atoms with E-state index in [2.05, 4.69) is 27.4 Å². The average molecular weight is 352 g/mol. The van der Waals surface area contributed by atoms with Gasteiger partial charge >= 0.3 is 0 Å². The predicted molar refractivity (Wildman–Crippen MR) is 104 cm³/mol. The molecule has 1 unspecified atom stereocenters. The zero-order chi connectivity index (χ0) is 18.1. The van der Waals surface area contributed by atoms with Crippen LogP contribution in [0.5, 0.6) is 0 Å². The molecule has 0 aromatic carbocycles. The molecule has 6 heteroatoms. The third-order valence-electron chi connectivity index (χ3n) is 5.46. The molecule has 2 rings (SSSR count). The lowest BCUT2D eigenvalue weighted by Crippen LogP contribution is -2.45. The van der Waals surface area contributed by atoms with Gasteiger partial charge in [0.2, 0.25) is 5.91 Å². The fraction of sp³-hybridized carbons (Fsp3) is 0.895. The summed E-state index contributed by atoms with van der Waals surface area (Å²) >= 11 is 0. The Labute approximate surface area is 153 Å². The maximum absolute atomic E-state index is 12.1. The van der Waals surface area contributed by atoms with Crippen LogP contribution in [0.4, 0.5) is 0 Å². The minimum atomic E-state index is 0.192. The largest absolute Gasteiger partial charge is 0.357 e. The number of nitrogens with zero attached hydrogens (tertiary/aromatic N) is 3. The smallest absolute Gasteiger partial charge is 0.224 e. The molecular weight excluding hydrogens is 314 g/mol. The Bertz CT molecular complexity index is 430. The first-order valence-electron chi connectivity index (χ1n) is 10.2. The molecule has 2 N–H and O–H groups in total. The van der Waals surface area contributed by atoms with Gasteiger partial charge in [-0.15, -0.1) is 0 Å². The molecule has 1 amide bonds. The number of guanidine groups is 1. The van der Waals surface area contributed by atoms with E-state index < -0.39 is 0 Å². The van der Waals surface area contributed by atoms with E-state index >= 15 is 0 Å². The first-order chi connectivity index (χ1) is 12.2. The lowest BCUT2D eigenvalue weighted by molar-refractivity contribution is -0.130. The van der Waals surface area contributed by atoms with Crippen molar-refractivity contribution in [3.05, 3.63) is 0 Å². The van der Waals surface area contributed by atoms with Crippen molar-refractivity contribution in [2.75, 3.05) is 39.3 Å². The molecular formula is C19H37N5O. The van der Waals surface area contributed by atoms with E-state index in [4.69, 9.17) is 0 Å². The van der Waals surface area contributed by atoms with E-state index in [-0.39, 0.29) is 5.91 Å². The van der Waals surface area contributed by atoms with Crippen molar-refractivity contribution in [1.29, 1.82) is 0 Å². The van der Waals surface area contributed by atoms with Crippen LogP contribution in [0, 0.1) is 0 Å². The van der Waals surface area contributed by atoms with Crippen LogP contribution in [0.2, 0.25) is 0 Å². The van der Waals surface area contributed by atoms with Crippen LogP contribution in [-0.2, 0) is 4.79 Å². The van der Waals surface area contributed by atoms with Crippen LogP contribution in [0.1, 0.15) is 59.3 Å². The van der Waals surface area contributed by atoms with Crippen molar-refractivity contribution in [3.8, 4) is 0 Å². The molecule has 2 aliphatic rings. The second-order valence-electron chi connectivity index (χ2n) is 7.14. The van der Waals surface area contributed by atoms with Gasteiger partial charge in [0.05, 0.1) is 6.54 Å². The van der Waals surface area contributed by atoms with Crippen LogP contribution < -0.4 is 10.6 Å². The van der Waals surface area contributed by atoms with Gasteiger partial charge in [-0.3, -0.25) is 14.7 Å². The molecule has 2 fully saturated rings. The number of amides is 1. The summed E-state index contributed by atoms with van der Waals surface area (Å²) in [5, 5.41) is 6.89. The molecule has 0 spiro atoms. The van der Waals surface area contributed by atoms with Gasteiger partial charge in [-0.2, -0.15) is 0 Å². The number of hydrogen-bond donors (Lipinski definition) is 2. The summed E-state index contributed by atoms with van der Waals surface area (Å²) in [4.78, 5) is 21.2. The Balaban J connectivity index is 1.78. The minimum Gasteiger partial charge on any atom is -0.357 e. The molecule has 1 heterocycles. The van der Waals surface area contributed by atoms with Gasteiger partial charge in [-0.1, -0.05) is 12.8 Å². The predicted octanol–water partition coefficient (Wildman–Crippen LogP) is 1.82. The summed E-state index contributed by atoms with van der Waals surface area (Å²) < 4.78 is 0. The number of carbonyl (C=O) groups is 1. The highest BCUT2D eigenvalue weighted by Gasteiger charge is 2.30. The second-order valence-corrected chi connectivity index (χ2v) is 7.14. The van der Waals surface area contributed by atoms with Crippen molar-refractivity contribution in [3.63, 3.8) is 0 Å². The molecule has 144 valence electrons. The Morgan fingerprint density at radius 1 is 1.16 bits per heavy atom. The van der Waals surface area contributed by atoms with E-state index in [1.807, 2.05) is 18.7 Å². The third kappa shape index (κ3) is 6.17. The molecule has 25 heavy (non-hydrogen) atoms. The highest BCUT2D eigenvalue weighted by atomic mass is 16.2. The average Bonchev–Trinajstić information content (AvgIpc) is 3.27. The second kappa shape index (κ2) is 10.6. The van der Waals surface area contributed by atoms with Crippen LogP contribution in [-0.4, -0.2) is 73.0 Å². The van der Waals surface area contributed by atoms with Crippen molar-refractivity contribution in [2.24, 2.45) is 4.99 Å². The molecule has 1 saturated carbocycles. The van der Waals surface area contributed by atoms with Crippen molar-refractivity contribution < 1.29 is 4.79 Å². The highest BCUT2D eigenvalue weighted by molar-refractivity contribution is 5.81. The Hall–Kier alpha value is -1.30. The zero-order valence-electron chi connectivity index (χ0n) is 16.4. The third-order valence-corrected chi connectivity index (χ3v) is 5.46. The highest BCUT2D eigenvalue weighted by Crippen LogP contribution is 2.26. The summed E-state index contributed by atoms with van der Waals surface area (Å²) in [6.45, 7) is 11.4. The molecule has 0 aromatic heterocycles. The van der Waals surface area contributed by atoms with Gasteiger partial charge in [0.1, 0.15) is 0 Å². The van der Waals surface area contributed by atoms with Crippen LogP contribution in [0.25, 0.3) is 0 Å². The topological polar surface area (TPSA) is 60.0 Å². The maximum atomic E-state index is 12.1. The molecule has 1 aliphatic heterocycles. The zero-order valence-corrected chi connectivity index (χ0v) is 16.4. The van der Waals surface area contributed by atoms with E-state index in [9.17, 15) is 4.79 Å². The standard InChI is InChI=1S/C19H37N5O/c1-4-20-19(21-13-11-18(25)23(5-2)6-3)22-16-12-14-24(15-16)17-9-7-8-10-17/h16-17H,4-15H2,1-3H3,(H2,20,21,22). The van der Waals surface area contributed by atoms with E-state index in [0.29, 0.717) is 19.0 Å². The maximum Gasteiger partial charge on any atom is 0.224 e. The molecule has 0 aromatic rings. The quantitative estimate of drug-likeness (QED) is 0.517. The van der Waals surface area contributed by atoms with Gasteiger partial charge in [-0.25, -0.2) is 0 Å². The lowest BCUT2D eigenvalue weighted by atomic mass is 10.2. The van der Waals surface area contributed by atoms with E-state index in [1.54, 1.807) is 0 Å². The van der Waals surface area contributed by atoms with Gasteiger partial charge in [0.15, 0.2) is 5.96 Å². The molecule has 1 aliphatic carbocycles. The molecule has 0 bridgehead atoms. The van der Waals surface area contributed by atoms with Gasteiger partial charge in [-0.05, 0) is 40.0 Å². The summed E-state index contributed by atoms with van der Waals surface area (Å²) in [6.07, 6.45) is 7.19. The SMILES string of the molecule is CCNC(=NCCC(=O)N(CC)CC)NC1CCN(C2CCCC2)C1. The van der Waals surface area contributed by atoms with E-state index in [0.717, 1.165) is 38.2 Å². The van der Waals surface area contributed by atoms with Gasteiger partial charge < -0.3 is 15.5 Å².